The zero-order valence-electron chi connectivity index (χ0n) is 9.37. The number of halogens is 1. The van der Waals surface area contributed by atoms with E-state index in [1.807, 2.05) is 24.3 Å². The van der Waals surface area contributed by atoms with Gasteiger partial charge < -0.3 is 4.90 Å². The molecule has 1 aromatic carbocycles. The van der Waals surface area contributed by atoms with E-state index in [2.05, 4.69) is 15.9 Å². The molecule has 0 atom stereocenters. The van der Waals surface area contributed by atoms with Gasteiger partial charge in [0.1, 0.15) is 0 Å². The minimum Gasteiger partial charge on any atom is -0.339 e. The van der Waals surface area contributed by atoms with Gasteiger partial charge >= 0.3 is 0 Å². The van der Waals surface area contributed by atoms with E-state index < -0.39 is 11.7 Å². The molecule has 1 amide bonds. The van der Waals surface area contributed by atoms with Crippen LogP contribution in [-0.2, 0) is 16.0 Å². The Morgan fingerprint density at radius 2 is 2.06 bits per heavy atom. The van der Waals surface area contributed by atoms with E-state index in [1.54, 1.807) is 7.05 Å². The Bertz CT molecular complexity index is 404. The first-order valence-corrected chi connectivity index (χ1v) is 5.80. The topological polar surface area (TPSA) is 37.4 Å². The highest BCUT2D eigenvalue weighted by Gasteiger charge is 2.12. The Labute approximate surface area is 104 Å². The number of nitrogens with zero attached hydrogens (tertiary/aromatic N) is 1. The summed E-state index contributed by atoms with van der Waals surface area (Å²) < 4.78 is 1.02. The number of carbonyl (C=O) groups is 2. The number of benzene rings is 1. The van der Waals surface area contributed by atoms with E-state index in [4.69, 9.17) is 0 Å². The molecule has 0 N–H and O–H groups in total. The SMILES string of the molecule is CC(=O)C(=O)N(C)CCc1cccc(Br)c1. The maximum Gasteiger partial charge on any atom is 0.289 e. The average molecular weight is 284 g/mol. The van der Waals surface area contributed by atoms with Gasteiger partial charge in [-0.25, -0.2) is 0 Å². The van der Waals surface area contributed by atoms with Crippen molar-refractivity contribution < 1.29 is 9.59 Å². The molecule has 1 aromatic rings. The smallest absolute Gasteiger partial charge is 0.289 e. The summed E-state index contributed by atoms with van der Waals surface area (Å²) in [4.78, 5) is 23.6. The second-order valence-corrected chi connectivity index (χ2v) is 4.58. The number of rotatable bonds is 4. The number of likely N-dealkylation sites (N-methyl/N-ethyl adjacent to an activating group) is 1. The van der Waals surface area contributed by atoms with Gasteiger partial charge in [0.05, 0.1) is 0 Å². The molecule has 0 saturated carbocycles. The van der Waals surface area contributed by atoms with Gasteiger partial charge in [0.25, 0.3) is 5.91 Å². The zero-order valence-corrected chi connectivity index (χ0v) is 11.0. The molecule has 0 fully saturated rings. The first kappa shape index (κ1) is 12.9. The van der Waals surface area contributed by atoms with Crippen LogP contribution in [0.25, 0.3) is 0 Å². The molecule has 4 heteroatoms. The molecule has 0 heterocycles. The first-order chi connectivity index (χ1) is 7.50. The summed E-state index contributed by atoms with van der Waals surface area (Å²) in [5.41, 5.74) is 1.14. The monoisotopic (exact) mass is 283 g/mol. The number of hydrogen-bond donors (Lipinski definition) is 0. The Hall–Kier alpha value is -1.16. The normalized spacial score (nSPS) is 9.94. The van der Waals surface area contributed by atoms with Crippen LogP contribution in [0.3, 0.4) is 0 Å². The molecule has 3 nitrogen and oxygen atoms in total. The second-order valence-electron chi connectivity index (χ2n) is 3.66. The van der Waals surface area contributed by atoms with E-state index in [9.17, 15) is 9.59 Å². The first-order valence-electron chi connectivity index (χ1n) is 5.01. The summed E-state index contributed by atoms with van der Waals surface area (Å²) in [5, 5.41) is 0. The third-order valence-electron chi connectivity index (χ3n) is 2.27. The predicted molar refractivity (Wildman–Crippen MR) is 66.2 cm³/mol. The molecule has 0 aliphatic carbocycles. The minimum atomic E-state index is -0.435. The lowest BCUT2D eigenvalue weighted by Gasteiger charge is -2.15. The van der Waals surface area contributed by atoms with Crippen LogP contribution < -0.4 is 0 Å². The van der Waals surface area contributed by atoms with E-state index in [0.717, 1.165) is 16.5 Å². The number of hydrogen-bond acceptors (Lipinski definition) is 2. The number of Topliss-reactive ketones (excluding diaryl/α,β-unsaturated/α-hetero) is 1. The van der Waals surface area contributed by atoms with Crippen LogP contribution in [0.5, 0.6) is 0 Å². The third kappa shape index (κ3) is 3.77. The van der Waals surface area contributed by atoms with Crippen molar-refractivity contribution in [2.45, 2.75) is 13.3 Å². The van der Waals surface area contributed by atoms with Crippen LogP contribution in [0.1, 0.15) is 12.5 Å². The molecule has 0 saturated heterocycles. The maximum atomic E-state index is 11.3. The lowest BCUT2D eigenvalue weighted by Crippen LogP contribution is -2.33. The molecular weight excluding hydrogens is 270 g/mol. The Morgan fingerprint density at radius 1 is 1.38 bits per heavy atom. The van der Waals surface area contributed by atoms with Crippen LogP contribution in [0.15, 0.2) is 28.7 Å². The van der Waals surface area contributed by atoms with Gasteiger partial charge in [0.2, 0.25) is 5.78 Å². The van der Waals surface area contributed by atoms with Crippen LogP contribution >= 0.6 is 15.9 Å². The summed E-state index contributed by atoms with van der Waals surface area (Å²) in [6.45, 7) is 1.84. The number of carbonyl (C=O) groups excluding carboxylic acids is 2. The average Bonchev–Trinajstić information content (AvgIpc) is 2.24. The van der Waals surface area contributed by atoms with Gasteiger partial charge in [-0.15, -0.1) is 0 Å². The Kier molecular flexibility index (Phi) is 4.68. The quantitative estimate of drug-likeness (QED) is 0.793. The summed E-state index contributed by atoms with van der Waals surface area (Å²) in [6, 6.07) is 7.91. The summed E-state index contributed by atoms with van der Waals surface area (Å²) in [6.07, 6.45) is 0.745. The molecule has 0 spiro atoms. The fraction of sp³-hybridized carbons (Fsp3) is 0.333. The van der Waals surface area contributed by atoms with E-state index in [-0.39, 0.29) is 0 Å². The summed E-state index contributed by atoms with van der Waals surface area (Å²) >= 11 is 3.39. The molecule has 0 aromatic heterocycles. The van der Waals surface area contributed by atoms with Crippen molar-refractivity contribution in [2.75, 3.05) is 13.6 Å². The van der Waals surface area contributed by atoms with Gasteiger partial charge in [-0.05, 0) is 24.1 Å². The predicted octanol–water partition coefficient (Wildman–Crippen LogP) is 2.04. The highest BCUT2D eigenvalue weighted by atomic mass is 79.9. The van der Waals surface area contributed by atoms with Crippen molar-refractivity contribution >= 4 is 27.6 Å². The Balaban J connectivity index is 2.52. The van der Waals surface area contributed by atoms with E-state index >= 15 is 0 Å². The second kappa shape index (κ2) is 5.80. The van der Waals surface area contributed by atoms with Gasteiger partial charge in [0.15, 0.2) is 0 Å². The van der Waals surface area contributed by atoms with Gasteiger partial charge in [-0.1, -0.05) is 28.1 Å². The van der Waals surface area contributed by atoms with Crippen LogP contribution in [0.2, 0.25) is 0 Å². The third-order valence-corrected chi connectivity index (χ3v) is 2.77. The Morgan fingerprint density at radius 3 is 2.62 bits per heavy atom. The molecule has 0 aliphatic heterocycles. The molecule has 0 unspecified atom stereocenters. The fourth-order valence-corrected chi connectivity index (χ4v) is 1.81. The van der Waals surface area contributed by atoms with Crippen molar-refractivity contribution in [2.24, 2.45) is 0 Å². The summed E-state index contributed by atoms with van der Waals surface area (Å²) in [5.74, 6) is -0.855. The lowest BCUT2D eigenvalue weighted by molar-refractivity contribution is -0.142. The minimum absolute atomic E-state index is 0.420. The molecular formula is C12H14BrNO2. The highest BCUT2D eigenvalue weighted by molar-refractivity contribution is 9.10. The molecule has 0 aliphatic rings. The van der Waals surface area contributed by atoms with Crippen LogP contribution in [0.4, 0.5) is 0 Å². The number of amides is 1. The fourth-order valence-electron chi connectivity index (χ4n) is 1.36. The largest absolute Gasteiger partial charge is 0.339 e. The van der Waals surface area contributed by atoms with Gasteiger partial charge in [-0.3, -0.25) is 9.59 Å². The van der Waals surface area contributed by atoms with Crippen LogP contribution in [0, 0.1) is 0 Å². The van der Waals surface area contributed by atoms with Crippen molar-refractivity contribution in [3.05, 3.63) is 34.3 Å². The molecule has 16 heavy (non-hydrogen) atoms. The lowest BCUT2D eigenvalue weighted by atomic mass is 10.1. The van der Waals surface area contributed by atoms with Crippen molar-refractivity contribution in [3.63, 3.8) is 0 Å². The van der Waals surface area contributed by atoms with Crippen molar-refractivity contribution in [1.29, 1.82) is 0 Å². The number of ketones is 1. The zero-order chi connectivity index (χ0) is 12.1. The standard InChI is InChI=1S/C12H14BrNO2/c1-9(15)12(16)14(2)7-6-10-4-3-5-11(13)8-10/h3-5,8H,6-7H2,1-2H3. The van der Waals surface area contributed by atoms with Crippen LogP contribution in [-0.4, -0.2) is 30.2 Å². The van der Waals surface area contributed by atoms with E-state index in [0.29, 0.717) is 6.54 Å². The van der Waals surface area contributed by atoms with Gasteiger partial charge in [0, 0.05) is 25.0 Å². The molecule has 0 bridgehead atoms. The maximum absolute atomic E-state index is 11.3. The van der Waals surface area contributed by atoms with E-state index in [1.165, 1.54) is 11.8 Å². The molecule has 86 valence electrons. The van der Waals surface area contributed by atoms with Gasteiger partial charge in [-0.2, -0.15) is 0 Å². The highest BCUT2D eigenvalue weighted by Crippen LogP contribution is 2.12. The summed E-state index contributed by atoms with van der Waals surface area (Å²) in [7, 11) is 1.64. The van der Waals surface area contributed by atoms with Crippen molar-refractivity contribution in [3.8, 4) is 0 Å². The molecule has 1 rings (SSSR count). The van der Waals surface area contributed by atoms with Crippen molar-refractivity contribution in [1.82, 2.24) is 4.90 Å². The molecule has 0 radical (unpaired) electrons.